The molecule has 2 aromatic carbocycles. The van der Waals surface area contributed by atoms with Gasteiger partial charge in [0.05, 0.1) is 19.3 Å². The van der Waals surface area contributed by atoms with E-state index in [1.807, 2.05) is 0 Å². The van der Waals surface area contributed by atoms with Crippen LogP contribution in [-0.4, -0.2) is 46.4 Å². The predicted octanol–water partition coefficient (Wildman–Crippen LogP) is 2.55. The van der Waals surface area contributed by atoms with Crippen molar-refractivity contribution < 1.29 is 35.0 Å². The Labute approximate surface area is 138 Å². The summed E-state index contributed by atoms with van der Waals surface area (Å²) in [5, 5.41) is 49.2. The number of ether oxygens (including phenoxy) is 2. The number of benzene rings is 2. The van der Waals surface area contributed by atoms with Crippen LogP contribution >= 0.6 is 0 Å². The zero-order chi connectivity index (χ0) is 17.9. The molecule has 0 unspecified atom stereocenters. The van der Waals surface area contributed by atoms with Gasteiger partial charge in [-0.1, -0.05) is 18.2 Å². The zero-order valence-corrected chi connectivity index (χ0v) is 13.1. The maximum Gasteiger partial charge on any atom is 0.208 e. The highest BCUT2D eigenvalue weighted by atomic mass is 16.5. The number of aromatic hydroxyl groups is 5. The third-order valence-corrected chi connectivity index (χ3v) is 3.46. The molecule has 7 heteroatoms. The Bertz CT molecular complexity index is 752. The number of phenols is 5. The lowest BCUT2D eigenvalue weighted by molar-refractivity contribution is 0.234. The molecule has 0 fully saturated rings. The van der Waals surface area contributed by atoms with Gasteiger partial charge >= 0.3 is 0 Å². The first-order valence-electron chi connectivity index (χ1n) is 6.95. The number of hydrogen-bond donors (Lipinski definition) is 5. The molecule has 0 aliphatic carbocycles. The highest BCUT2D eigenvalue weighted by Crippen LogP contribution is 2.55. The van der Waals surface area contributed by atoms with Crippen LogP contribution in [0.25, 0.3) is 17.2 Å². The molecule has 0 aliphatic rings. The Hall–Kier alpha value is -3.06. The van der Waals surface area contributed by atoms with Crippen molar-refractivity contribution in [3.05, 3.63) is 29.8 Å². The van der Waals surface area contributed by atoms with Crippen molar-refractivity contribution in [3.8, 4) is 45.6 Å². The maximum atomic E-state index is 10.1. The monoisotopic (exact) mass is 334 g/mol. The predicted molar refractivity (Wildman–Crippen MR) is 87.7 cm³/mol. The lowest BCUT2D eigenvalue weighted by Crippen LogP contribution is -1.91. The van der Waals surface area contributed by atoms with E-state index < -0.39 is 28.7 Å². The van der Waals surface area contributed by atoms with Crippen LogP contribution in [0.2, 0.25) is 0 Å². The second-order valence-corrected chi connectivity index (χ2v) is 4.93. The van der Waals surface area contributed by atoms with E-state index in [9.17, 15) is 25.5 Å². The fourth-order valence-corrected chi connectivity index (χ4v) is 2.24. The van der Waals surface area contributed by atoms with Gasteiger partial charge < -0.3 is 35.0 Å². The van der Waals surface area contributed by atoms with E-state index >= 15 is 0 Å². The Morgan fingerprint density at radius 1 is 0.875 bits per heavy atom. The number of methoxy groups -OCH3 is 2. The summed E-state index contributed by atoms with van der Waals surface area (Å²) in [5.74, 6) is -3.98. The molecule has 0 amide bonds. The van der Waals surface area contributed by atoms with Crippen LogP contribution < -0.4 is 4.74 Å². The largest absolute Gasteiger partial charge is 0.504 e. The summed E-state index contributed by atoms with van der Waals surface area (Å²) in [7, 11) is 2.98. The van der Waals surface area contributed by atoms with Crippen molar-refractivity contribution in [2.24, 2.45) is 0 Å². The molecule has 0 saturated carbocycles. The highest BCUT2D eigenvalue weighted by Gasteiger charge is 2.25. The van der Waals surface area contributed by atoms with Gasteiger partial charge in [-0.2, -0.15) is 0 Å². The van der Waals surface area contributed by atoms with Crippen molar-refractivity contribution >= 4 is 6.08 Å². The Kier molecular flexibility index (Phi) is 5.05. The van der Waals surface area contributed by atoms with E-state index in [2.05, 4.69) is 0 Å². The first-order chi connectivity index (χ1) is 11.4. The van der Waals surface area contributed by atoms with Crippen molar-refractivity contribution in [1.29, 1.82) is 0 Å². The smallest absolute Gasteiger partial charge is 0.208 e. The van der Waals surface area contributed by atoms with Crippen LogP contribution in [0.5, 0.6) is 34.5 Å². The lowest BCUT2D eigenvalue weighted by atomic mass is 9.96. The summed E-state index contributed by atoms with van der Waals surface area (Å²) in [6.07, 6.45) is 3.39. The Morgan fingerprint density at radius 3 is 2.00 bits per heavy atom. The van der Waals surface area contributed by atoms with Gasteiger partial charge in [-0.05, 0) is 17.7 Å². The molecule has 2 aromatic rings. The minimum Gasteiger partial charge on any atom is -0.504 e. The van der Waals surface area contributed by atoms with E-state index in [4.69, 9.17) is 9.47 Å². The summed E-state index contributed by atoms with van der Waals surface area (Å²) in [4.78, 5) is 0. The van der Waals surface area contributed by atoms with Gasteiger partial charge in [-0.15, -0.1) is 0 Å². The molecule has 0 heterocycles. The summed E-state index contributed by atoms with van der Waals surface area (Å²) < 4.78 is 10.1. The summed E-state index contributed by atoms with van der Waals surface area (Å²) >= 11 is 0. The topological polar surface area (TPSA) is 120 Å². The van der Waals surface area contributed by atoms with Crippen LogP contribution in [0.4, 0.5) is 0 Å². The molecule has 7 nitrogen and oxygen atoms in total. The van der Waals surface area contributed by atoms with Gasteiger partial charge in [0.1, 0.15) is 5.75 Å². The molecule has 0 spiro atoms. The molecule has 0 atom stereocenters. The van der Waals surface area contributed by atoms with E-state index in [1.165, 1.54) is 20.3 Å². The number of phenolic OH excluding ortho intramolecular Hbond substituents is 5. The molecular formula is C17H18O7. The minimum atomic E-state index is -1.01. The molecule has 0 saturated heterocycles. The maximum absolute atomic E-state index is 10.1. The van der Waals surface area contributed by atoms with Crippen LogP contribution in [0.15, 0.2) is 24.3 Å². The fraction of sp³-hybridized carbons (Fsp3) is 0.176. The third-order valence-electron chi connectivity index (χ3n) is 3.46. The standard InChI is InChI=1S/C17H18O7/c1-23-7-3-4-9-5-6-10(24-2)8-11(9)12-13(18)15(20)17(22)16(21)14(12)19/h3-6,8,18-22H,7H2,1-2H3/b4-3+. The summed E-state index contributed by atoms with van der Waals surface area (Å²) in [6, 6.07) is 4.85. The van der Waals surface area contributed by atoms with E-state index in [1.54, 1.807) is 24.3 Å². The lowest BCUT2D eigenvalue weighted by Gasteiger charge is -2.15. The van der Waals surface area contributed by atoms with Gasteiger partial charge in [0.25, 0.3) is 0 Å². The average molecular weight is 334 g/mol. The average Bonchev–Trinajstić information content (AvgIpc) is 2.59. The van der Waals surface area contributed by atoms with Gasteiger partial charge in [-0.25, -0.2) is 0 Å². The van der Waals surface area contributed by atoms with E-state index in [-0.39, 0.29) is 11.1 Å². The van der Waals surface area contributed by atoms with Crippen molar-refractivity contribution in [2.45, 2.75) is 0 Å². The molecule has 0 radical (unpaired) electrons. The molecule has 0 bridgehead atoms. The molecule has 0 aliphatic heterocycles. The Morgan fingerprint density at radius 2 is 1.46 bits per heavy atom. The van der Waals surface area contributed by atoms with Crippen molar-refractivity contribution in [2.75, 3.05) is 20.8 Å². The van der Waals surface area contributed by atoms with Gasteiger partial charge in [0, 0.05) is 12.7 Å². The molecule has 0 aromatic heterocycles. The van der Waals surface area contributed by atoms with Crippen molar-refractivity contribution in [3.63, 3.8) is 0 Å². The minimum absolute atomic E-state index is 0.237. The second kappa shape index (κ2) is 7.01. The molecule has 128 valence electrons. The first kappa shape index (κ1) is 17.3. The fourth-order valence-electron chi connectivity index (χ4n) is 2.24. The second-order valence-electron chi connectivity index (χ2n) is 4.93. The van der Waals surface area contributed by atoms with E-state index in [0.29, 0.717) is 17.9 Å². The van der Waals surface area contributed by atoms with Crippen molar-refractivity contribution in [1.82, 2.24) is 0 Å². The van der Waals surface area contributed by atoms with Gasteiger partial charge in [-0.3, -0.25) is 0 Å². The molecule has 2 rings (SSSR count). The van der Waals surface area contributed by atoms with Crippen LogP contribution in [0, 0.1) is 0 Å². The number of rotatable bonds is 5. The highest BCUT2D eigenvalue weighted by molar-refractivity contribution is 5.89. The molecular weight excluding hydrogens is 316 g/mol. The van der Waals surface area contributed by atoms with Crippen LogP contribution in [-0.2, 0) is 4.74 Å². The van der Waals surface area contributed by atoms with Crippen LogP contribution in [0.1, 0.15) is 5.56 Å². The molecule has 5 N–H and O–H groups in total. The van der Waals surface area contributed by atoms with Crippen LogP contribution in [0.3, 0.4) is 0 Å². The number of hydrogen-bond acceptors (Lipinski definition) is 7. The zero-order valence-electron chi connectivity index (χ0n) is 13.1. The Balaban J connectivity index is 2.75. The third kappa shape index (κ3) is 3.02. The summed E-state index contributed by atoms with van der Waals surface area (Å²) in [5.41, 5.74) is 0.601. The van der Waals surface area contributed by atoms with Gasteiger partial charge in [0.15, 0.2) is 11.5 Å². The summed E-state index contributed by atoms with van der Waals surface area (Å²) in [6.45, 7) is 0.343. The molecule has 24 heavy (non-hydrogen) atoms. The first-order valence-corrected chi connectivity index (χ1v) is 6.95. The quantitative estimate of drug-likeness (QED) is 0.421. The SMILES string of the molecule is COC/C=C/c1ccc(OC)cc1-c1c(O)c(O)c(O)c(O)c1O. The van der Waals surface area contributed by atoms with E-state index in [0.717, 1.165) is 0 Å². The van der Waals surface area contributed by atoms with Gasteiger partial charge in [0.2, 0.25) is 17.2 Å². The normalized spacial score (nSPS) is 11.1.